The Labute approximate surface area is 114 Å². The third-order valence-corrected chi connectivity index (χ3v) is 3.00. The first-order valence-electron chi connectivity index (χ1n) is 5.92. The Hall–Kier alpha value is -1.95. The van der Waals surface area contributed by atoms with Gasteiger partial charge in [-0.2, -0.15) is 4.98 Å². The van der Waals surface area contributed by atoms with Gasteiger partial charge in [-0.05, 0) is 13.0 Å². The topological polar surface area (TPSA) is 69.6 Å². The van der Waals surface area contributed by atoms with Crippen molar-refractivity contribution in [2.45, 2.75) is 19.9 Å². The second-order valence-corrected chi connectivity index (χ2v) is 4.53. The molecule has 98 valence electrons. The molecule has 3 aromatic heterocycles. The number of hydrogen-bond donors (Lipinski definition) is 0. The second kappa shape index (κ2) is 4.97. The van der Waals surface area contributed by atoms with E-state index in [-0.39, 0.29) is 0 Å². The molecule has 6 nitrogen and oxygen atoms in total. The molecule has 0 N–H and O–H groups in total. The van der Waals surface area contributed by atoms with E-state index < -0.39 is 0 Å². The van der Waals surface area contributed by atoms with E-state index in [1.165, 1.54) is 0 Å². The molecule has 7 heteroatoms. The lowest BCUT2D eigenvalue weighted by Gasteiger charge is -2.04. The maximum Gasteiger partial charge on any atom is 0.246 e. The summed E-state index contributed by atoms with van der Waals surface area (Å²) in [6, 6.07) is 1.92. The van der Waals surface area contributed by atoms with Gasteiger partial charge in [0.15, 0.2) is 5.82 Å². The van der Waals surface area contributed by atoms with E-state index in [1.807, 2.05) is 10.6 Å². The maximum atomic E-state index is 5.82. The average molecular weight is 278 g/mol. The molecule has 0 aliphatic carbocycles. The van der Waals surface area contributed by atoms with Gasteiger partial charge in [0, 0.05) is 18.5 Å². The van der Waals surface area contributed by atoms with E-state index in [1.54, 1.807) is 19.3 Å². The lowest BCUT2D eigenvalue weighted by molar-refractivity contribution is 0.367. The Morgan fingerprint density at radius 1 is 1.37 bits per heavy atom. The van der Waals surface area contributed by atoms with E-state index in [0.29, 0.717) is 30.6 Å². The summed E-state index contributed by atoms with van der Waals surface area (Å²) in [4.78, 5) is 12.8. The number of rotatable bonds is 4. The summed E-state index contributed by atoms with van der Waals surface area (Å²) in [5.41, 5.74) is 1.84. The molecule has 0 fully saturated rings. The summed E-state index contributed by atoms with van der Waals surface area (Å²) in [6.07, 6.45) is 4.16. The van der Waals surface area contributed by atoms with Crippen molar-refractivity contribution in [3.8, 4) is 0 Å². The molecule has 0 saturated carbocycles. The molecule has 3 aromatic rings. The van der Waals surface area contributed by atoms with E-state index in [0.717, 1.165) is 16.9 Å². The summed E-state index contributed by atoms with van der Waals surface area (Å²) in [6.45, 7) is 2.29. The van der Waals surface area contributed by atoms with E-state index >= 15 is 0 Å². The Morgan fingerprint density at radius 3 is 3.00 bits per heavy atom. The number of aromatic nitrogens is 5. The van der Waals surface area contributed by atoms with Crippen LogP contribution in [0.2, 0.25) is 0 Å². The number of pyridine rings is 1. The fourth-order valence-electron chi connectivity index (χ4n) is 2.02. The van der Waals surface area contributed by atoms with Crippen LogP contribution in [0.4, 0.5) is 0 Å². The predicted octanol–water partition coefficient (Wildman–Crippen LogP) is 1.95. The highest BCUT2D eigenvalue weighted by molar-refractivity contribution is 6.17. The number of alkyl halides is 1. The summed E-state index contributed by atoms with van der Waals surface area (Å²) in [7, 11) is 0. The Morgan fingerprint density at radius 2 is 2.26 bits per heavy atom. The molecule has 19 heavy (non-hydrogen) atoms. The molecule has 0 spiro atoms. The molecule has 0 unspecified atom stereocenters. The summed E-state index contributed by atoms with van der Waals surface area (Å²) >= 11 is 5.82. The largest absolute Gasteiger partial charge is 0.337 e. The van der Waals surface area contributed by atoms with Gasteiger partial charge in [0.2, 0.25) is 5.89 Å². The van der Waals surface area contributed by atoms with Gasteiger partial charge in [-0.3, -0.25) is 4.98 Å². The number of aryl methyl sites for hydroxylation is 2. The lowest BCUT2D eigenvalue weighted by Crippen LogP contribution is -2.06. The minimum Gasteiger partial charge on any atom is -0.337 e. The molecule has 0 saturated heterocycles. The van der Waals surface area contributed by atoms with Crippen LogP contribution in [0.25, 0.3) is 11.0 Å². The van der Waals surface area contributed by atoms with Crippen LogP contribution in [0.1, 0.15) is 17.5 Å². The minimum absolute atomic E-state index is 0.494. The van der Waals surface area contributed by atoms with E-state index in [2.05, 4.69) is 20.1 Å². The monoisotopic (exact) mass is 277 g/mol. The third kappa shape index (κ3) is 2.31. The van der Waals surface area contributed by atoms with Crippen molar-refractivity contribution in [2.75, 3.05) is 5.88 Å². The van der Waals surface area contributed by atoms with Crippen LogP contribution in [0.15, 0.2) is 23.0 Å². The Balaban J connectivity index is 2.06. The van der Waals surface area contributed by atoms with Gasteiger partial charge in [0.25, 0.3) is 0 Å². The van der Waals surface area contributed by atoms with Gasteiger partial charge < -0.3 is 9.09 Å². The zero-order chi connectivity index (χ0) is 13.2. The molecule has 0 bridgehead atoms. The highest BCUT2D eigenvalue weighted by atomic mass is 35.5. The zero-order valence-electron chi connectivity index (χ0n) is 10.4. The van der Waals surface area contributed by atoms with Crippen LogP contribution in [0.3, 0.4) is 0 Å². The summed E-state index contributed by atoms with van der Waals surface area (Å²) in [5, 5.41) is 3.79. The smallest absolute Gasteiger partial charge is 0.246 e. The van der Waals surface area contributed by atoms with E-state index in [4.69, 9.17) is 16.1 Å². The molecule has 0 aliphatic heterocycles. The fourth-order valence-corrected chi connectivity index (χ4v) is 2.19. The molecule has 0 aromatic carbocycles. The van der Waals surface area contributed by atoms with Crippen LogP contribution < -0.4 is 0 Å². The second-order valence-electron chi connectivity index (χ2n) is 4.15. The van der Waals surface area contributed by atoms with Crippen molar-refractivity contribution in [2.24, 2.45) is 0 Å². The standard InChI is InChI=1S/C12H12ClN5O/c1-8-15-12(19-17-8)7-18-10-3-5-14-6-9(10)16-11(18)2-4-13/h3,5-6H,2,4,7H2,1H3. The number of fused-ring (bicyclic) bond motifs is 1. The van der Waals surface area contributed by atoms with Crippen LogP contribution in [0.5, 0.6) is 0 Å². The van der Waals surface area contributed by atoms with Crippen molar-refractivity contribution < 1.29 is 4.52 Å². The quantitative estimate of drug-likeness (QED) is 0.682. The van der Waals surface area contributed by atoms with Crippen LogP contribution in [-0.2, 0) is 13.0 Å². The Bertz CT molecular complexity index is 705. The van der Waals surface area contributed by atoms with Crippen LogP contribution in [0, 0.1) is 6.92 Å². The number of hydrogen-bond acceptors (Lipinski definition) is 5. The first kappa shape index (κ1) is 12.1. The van der Waals surface area contributed by atoms with Crippen molar-refractivity contribution in [1.29, 1.82) is 0 Å². The molecule has 0 amide bonds. The van der Waals surface area contributed by atoms with Crippen LogP contribution >= 0.6 is 11.6 Å². The maximum absolute atomic E-state index is 5.82. The molecule has 0 atom stereocenters. The van der Waals surface area contributed by atoms with Crippen molar-refractivity contribution in [1.82, 2.24) is 24.7 Å². The van der Waals surface area contributed by atoms with Gasteiger partial charge in [-0.15, -0.1) is 11.6 Å². The van der Waals surface area contributed by atoms with Gasteiger partial charge in [-0.25, -0.2) is 4.98 Å². The van der Waals surface area contributed by atoms with Gasteiger partial charge >= 0.3 is 0 Å². The number of imidazole rings is 1. The highest BCUT2D eigenvalue weighted by Gasteiger charge is 2.13. The Kier molecular flexibility index (Phi) is 3.16. The predicted molar refractivity (Wildman–Crippen MR) is 70.1 cm³/mol. The van der Waals surface area contributed by atoms with E-state index in [9.17, 15) is 0 Å². The normalized spacial score (nSPS) is 11.3. The van der Waals surface area contributed by atoms with Crippen LogP contribution in [-0.4, -0.2) is 30.6 Å². The minimum atomic E-state index is 0.494. The first-order chi connectivity index (χ1) is 9.28. The number of nitrogens with zero attached hydrogens (tertiary/aromatic N) is 5. The number of halogens is 1. The SMILES string of the molecule is Cc1noc(Cn2c(CCCl)nc3cnccc32)n1. The first-order valence-corrected chi connectivity index (χ1v) is 6.45. The summed E-state index contributed by atoms with van der Waals surface area (Å²) < 4.78 is 7.20. The highest BCUT2D eigenvalue weighted by Crippen LogP contribution is 2.17. The average Bonchev–Trinajstić information content (AvgIpc) is 2.96. The molecular weight excluding hydrogens is 266 g/mol. The van der Waals surface area contributed by atoms with Crippen molar-refractivity contribution in [3.63, 3.8) is 0 Å². The molecule has 0 radical (unpaired) electrons. The summed E-state index contributed by atoms with van der Waals surface area (Å²) in [5.74, 6) is 2.60. The molecule has 3 rings (SSSR count). The lowest BCUT2D eigenvalue weighted by atomic mass is 10.4. The van der Waals surface area contributed by atoms with Crippen molar-refractivity contribution in [3.05, 3.63) is 36.0 Å². The third-order valence-electron chi connectivity index (χ3n) is 2.81. The van der Waals surface area contributed by atoms with Gasteiger partial charge in [-0.1, -0.05) is 5.16 Å². The van der Waals surface area contributed by atoms with Crippen molar-refractivity contribution >= 4 is 22.6 Å². The van der Waals surface area contributed by atoms with Gasteiger partial charge in [0.1, 0.15) is 17.9 Å². The van der Waals surface area contributed by atoms with Gasteiger partial charge in [0.05, 0.1) is 11.7 Å². The molecular formula is C12H12ClN5O. The fraction of sp³-hybridized carbons (Fsp3) is 0.333. The zero-order valence-corrected chi connectivity index (χ0v) is 11.1. The molecule has 0 aliphatic rings. The molecule has 3 heterocycles.